The number of allylic oxidation sites excluding steroid dienone is 15. The summed E-state index contributed by atoms with van der Waals surface area (Å²) in [5, 5.41) is 86.0. The Kier molecular flexibility index (Phi) is 44.3. The van der Waals surface area contributed by atoms with Crippen molar-refractivity contribution in [1.29, 1.82) is 0 Å². The molecule has 14 heteroatoms. The van der Waals surface area contributed by atoms with Crippen LogP contribution >= 0.6 is 0 Å². The molecular weight excluding hydrogens is 991 g/mol. The SMILES string of the molecule is CC/C=C\C/C=C\C/C=C\C/C=C\C/C=C\C/C=C\C/C=C\CCCCCCCCCCCCCCCCCCCCCC(=O)NC(COC1OC(CO)C(OC2OC(CO)C(O)C(O)C2O)C(O)C1O)C(O)/C=C/CCC. The Morgan fingerprint density at radius 1 is 0.474 bits per heavy atom. The van der Waals surface area contributed by atoms with Crippen molar-refractivity contribution in [3.8, 4) is 0 Å². The lowest BCUT2D eigenvalue weighted by Gasteiger charge is -2.46. The van der Waals surface area contributed by atoms with Crippen LogP contribution in [0.15, 0.2) is 97.2 Å². The second kappa shape index (κ2) is 48.6. The van der Waals surface area contributed by atoms with Crippen LogP contribution in [0, 0.1) is 0 Å². The fraction of sp³-hybridized carbons (Fsp3) is 0.734. The van der Waals surface area contributed by atoms with E-state index in [0.717, 1.165) is 77.0 Å². The summed E-state index contributed by atoms with van der Waals surface area (Å²) in [6.07, 6.45) is 51.8. The zero-order valence-corrected chi connectivity index (χ0v) is 48.1. The number of rotatable bonds is 47. The molecule has 0 radical (unpaired) electrons. The number of carbonyl (C=O) groups excluding carboxylic acids is 1. The highest BCUT2D eigenvalue weighted by atomic mass is 16.7. The minimum absolute atomic E-state index is 0.253. The summed E-state index contributed by atoms with van der Waals surface area (Å²) in [6.45, 7) is 2.44. The molecule has 0 saturated carbocycles. The molecule has 0 bridgehead atoms. The number of unbranched alkanes of at least 4 members (excludes halogenated alkanes) is 20. The Labute approximate surface area is 471 Å². The van der Waals surface area contributed by atoms with Crippen LogP contribution in [-0.4, -0.2) is 140 Å². The molecule has 2 saturated heterocycles. The second-order valence-electron chi connectivity index (χ2n) is 21.1. The molecule has 0 aromatic rings. The monoisotopic (exact) mass is 1100 g/mol. The minimum atomic E-state index is -1.79. The molecule has 0 aliphatic carbocycles. The summed E-state index contributed by atoms with van der Waals surface area (Å²) < 4.78 is 22.5. The third-order valence-electron chi connectivity index (χ3n) is 14.3. The van der Waals surface area contributed by atoms with Gasteiger partial charge in [0.1, 0.15) is 48.8 Å². The van der Waals surface area contributed by atoms with Crippen LogP contribution in [0.5, 0.6) is 0 Å². The smallest absolute Gasteiger partial charge is 0.220 e. The fourth-order valence-electron chi connectivity index (χ4n) is 9.40. The van der Waals surface area contributed by atoms with Gasteiger partial charge < -0.3 is 65.1 Å². The summed E-state index contributed by atoms with van der Waals surface area (Å²) in [5.41, 5.74) is 0. The molecule has 14 nitrogen and oxygen atoms in total. The topological polar surface area (TPSA) is 228 Å². The first kappa shape index (κ1) is 71.0. The van der Waals surface area contributed by atoms with E-state index in [2.05, 4.69) is 97.3 Å². The van der Waals surface area contributed by atoms with Gasteiger partial charge in [-0.15, -0.1) is 0 Å². The molecule has 12 atom stereocenters. The first-order valence-corrected chi connectivity index (χ1v) is 30.5. The van der Waals surface area contributed by atoms with Crippen molar-refractivity contribution in [2.75, 3.05) is 19.8 Å². The number of aliphatic hydroxyl groups is 8. The molecule has 2 aliphatic rings. The number of nitrogens with one attached hydrogen (secondary N) is 1. The zero-order chi connectivity index (χ0) is 56.7. The van der Waals surface area contributed by atoms with Crippen molar-refractivity contribution < 1.29 is 64.6 Å². The van der Waals surface area contributed by atoms with E-state index in [0.29, 0.717) is 6.42 Å². The Hall–Kier alpha value is -3.09. The van der Waals surface area contributed by atoms with Gasteiger partial charge in [-0.05, 0) is 70.6 Å². The van der Waals surface area contributed by atoms with Crippen LogP contribution in [-0.2, 0) is 23.7 Å². The van der Waals surface area contributed by atoms with E-state index >= 15 is 0 Å². The molecule has 2 fully saturated rings. The molecule has 0 spiro atoms. The Balaban J connectivity index is 1.45. The fourth-order valence-corrected chi connectivity index (χ4v) is 9.40. The lowest BCUT2D eigenvalue weighted by Crippen LogP contribution is -2.65. The minimum Gasteiger partial charge on any atom is -0.394 e. The largest absolute Gasteiger partial charge is 0.394 e. The first-order chi connectivity index (χ1) is 38.1. The van der Waals surface area contributed by atoms with Crippen LogP contribution in [0.4, 0.5) is 0 Å². The van der Waals surface area contributed by atoms with Crippen LogP contribution in [0.3, 0.4) is 0 Å². The van der Waals surface area contributed by atoms with Gasteiger partial charge in [0, 0.05) is 6.42 Å². The number of amides is 1. The van der Waals surface area contributed by atoms with Gasteiger partial charge in [-0.3, -0.25) is 4.79 Å². The highest BCUT2D eigenvalue weighted by Crippen LogP contribution is 2.30. The van der Waals surface area contributed by atoms with Gasteiger partial charge in [-0.25, -0.2) is 0 Å². The molecule has 2 aliphatic heterocycles. The highest BCUT2D eigenvalue weighted by molar-refractivity contribution is 5.76. The molecule has 1 amide bonds. The predicted octanol–water partition coefficient (Wildman–Crippen LogP) is 10.7. The first-order valence-electron chi connectivity index (χ1n) is 30.5. The standard InChI is InChI=1S/C64H109NO13/c1-3-5-7-8-9-10-11-12-13-14-15-16-17-18-19-20-21-22-23-24-25-26-27-28-29-30-31-32-33-34-35-36-37-38-39-40-41-42-43-44-46-48-56(69)65-52(53(68)47-45-6-4-2)51-75-63-61(74)59(72)62(55(50-67)77-63)78-64-60(73)58(71)57(70)54(49-66)76-64/h5,7,9-10,12-13,15-16,18-19,21-22,24-25,45,47,52-55,57-64,66-68,70-74H,3-4,6,8,11,14,17,20,23,26-44,46,48-51H2,1-2H3,(H,65,69)/b7-5-,10-9-,13-12-,16-15-,19-18-,22-21-,25-24-,47-45+. The maximum absolute atomic E-state index is 13.0. The number of aliphatic hydroxyl groups excluding tert-OH is 8. The third-order valence-corrected chi connectivity index (χ3v) is 14.3. The summed E-state index contributed by atoms with van der Waals surface area (Å²) in [7, 11) is 0. The lowest BCUT2D eigenvalue weighted by molar-refractivity contribution is -0.359. The maximum atomic E-state index is 13.0. The Morgan fingerprint density at radius 2 is 0.885 bits per heavy atom. The maximum Gasteiger partial charge on any atom is 0.220 e. The summed E-state index contributed by atoms with van der Waals surface area (Å²) >= 11 is 0. The van der Waals surface area contributed by atoms with Crippen molar-refractivity contribution >= 4 is 5.91 Å². The van der Waals surface area contributed by atoms with Gasteiger partial charge >= 0.3 is 0 Å². The molecule has 448 valence electrons. The quantitative estimate of drug-likeness (QED) is 0.0204. The average molecular weight is 1100 g/mol. The van der Waals surface area contributed by atoms with E-state index in [1.54, 1.807) is 6.08 Å². The van der Waals surface area contributed by atoms with Gasteiger partial charge in [-0.2, -0.15) is 0 Å². The van der Waals surface area contributed by atoms with Gasteiger partial charge in [0.2, 0.25) is 5.91 Å². The van der Waals surface area contributed by atoms with E-state index in [1.807, 2.05) is 13.0 Å². The molecular formula is C64H109NO13. The summed E-state index contributed by atoms with van der Waals surface area (Å²) in [5.74, 6) is -0.253. The molecule has 12 unspecified atom stereocenters. The number of ether oxygens (including phenoxy) is 4. The van der Waals surface area contributed by atoms with E-state index in [4.69, 9.17) is 18.9 Å². The van der Waals surface area contributed by atoms with Gasteiger partial charge in [-0.1, -0.05) is 227 Å². The second-order valence-corrected chi connectivity index (χ2v) is 21.1. The van der Waals surface area contributed by atoms with Crippen molar-refractivity contribution in [1.82, 2.24) is 5.32 Å². The molecule has 0 aromatic carbocycles. The third kappa shape index (κ3) is 33.6. The summed E-state index contributed by atoms with van der Waals surface area (Å²) in [4.78, 5) is 13.0. The van der Waals surface area contributed by atoms with Crippen LogP contribution < -0.4 is 5.32 Å². The molecule has 9 N–H and O–H groups in total. The van der Waals surface area contributed by atoms with E-state index in [-0.39, 0.29) is 18.9 Å². The van der Waals surface area contributed by atoms with Crippen molar-refractivity contribution in [3.63, 3.8) is 0 Å². The molecule has 2 rings (SSSR count). The van der Waals surface area contributed by atoms with E-state index < -0.39 is 86.8 Å². The van der Waals surface area contributed by atoms with Crippen molar-refractivity contribution in [2.24, 2.45) is 0 Å². The number of hydrogen-bond acceptors (Lipinski definition) is 13. The molecule has 2 heterocycles. The van der Waals surface area contributed by atoms with Gasteiger partial charge in [0.25, 0.3) is 0 Å². The molecule has 78 heavy (non-hydrogen) atoms. The number of carbonyl (C=O) groups is 1. The van der Waals surface area contributed by atoms with Crippen LogP contribution in [0.25, 0.3) is 0 Å². The van der Waals surface area contributed by atoms with Crippen molar-refractivity contribution in [2.45, 2.75) is 280 Å². The van der Waals surface area contributed by atoms with Gasteiger partial charge in [0.15, 0.2) is 12.6 Å². The zero-order valence-electron chi connectivity index (χ0n) is 48.1. The van der Waals surface area contributed by atoms with E-state index in [9.17, 15) is 45.6 Å². The van der Waals surface area contributed by atoms with Crippen LogP contribution in [0.2, 0.25) is 0 Å². The Morgan fingerprint density at radius 3 is 1.33 bits per heavy atom. The number of hydrogen-bond donors (Lipinski definition) is 9. The van der Waals surface area contributed by atoms with Crippen molar-refractivity contribution in [3.05, 3.63) is 97.2 Å². The summed E-state index contributed by atoms with van der Waals surface area (Å²) in [6, 6.07) is -0.912. The highest BCUT2D eigenvalue weighted by Gasteiger charge is 2.51. The Bertz CT molecular complexity index is 1680. The lowest BCUT2D eigenvalue weighted by atomic mass is 9.97. The molecule has 0 aromatic heterocycles. The predicted molar refractivity (Wildman–Crippen MR) is 313 cm³/mol. The average Bonchev–Trinajstić information content (AvgIpc) is 3.44. The van der Waals surface area contributed by atoms with Gasteiger partial charge in [0.05, 0.1) is 32.0 Å². The normalized spacial score (nSPS) is 25.3. The van der Waals surface area contributed by atoms with Crippen LogP contribution in [0.1, 0.15) is 206 Å². The van der Waals surface area contributed by atoms with E-state index in [1.165, 1.54) is 103 Å².